The molecule has 0 saturated heterocycles. The van der Waals surface area contributed by atoms with Crippen molar-refractivity contribution < 1.29 is 0 Å². The van der Waals surface area contributed by atoms with Crippen molar-refractivity contribution in [3.8, 4) is 0 Å². The van der Waals surface area contributed by atoms with Crippen LogP contribution in [0, 0.1) is 13.8 Å². The highest BCUT2D eigenvalue weighted by molar-refractivity contribution is 5.49. The van der Waals surface area contributed by atoms with E-state index in [9.17, 15) is 0 Å². The molecule has 0 aromatic heterocycles. The van der Waals surface area contributed by atoms with E-state index >= 15 is 0 Å². The van der Waals surface area contributed by atoms with E-state index in [2.05, 4.69) is 62.4 Å². The second-order valence-corrected chi connectivity index (χ2v) is 5.27. The molecule has 1 aliphatic rings. The molecule has 0 aliphatic heterocycles. The minimum atomic E-state index is 0.317. The monoisotopic (exact) mass is 222 g/mol. The SMILES string of the molecule is Cc1ccc(C)c(C2(c3ccccc3)CC2)c1. The molecule has 1 saturated carbocycles. The molecule has 0 heterocycles. The van der Waals surface area contributed by atoms with Crippen molar-refractivity contribution in [2.24, 2.45) is 0 Å². The third kappa shape index (κ3) is 1.68. The van der Waals surface area contributed by atoms with Crippen molar-refractivity contribution in [2.45, 2.75) is 32.1 Å². The Morgan fingerprint density at radius 2 is 1.59 bits per heavy atom. The first-order valence-corrected chi connectivity index (χ1v) is 6.36. The van der Waals surface area contributed by atoms with Gasteiger partial charge in [0.2, 0.25) is 0 Å². The molecule has 0 N–H and O–H groups in total. The van der Waals surface area contributed by atoms with Gasteiger partial charge < -0.3 is 0 Å². The highest BCUT2D eigenvalue weighted by atomic mass is 14.5. The number of hydrogen-bond donors (Lipinski definition) is 0. The molecule has 2 aromatic rings. The summed E-state index contributed by atoms with van der Waals surface area (Å²) in [6, 6.07) is 17.8. The van der Waals surface area contributed by atoms with Crippen molar-refractivity contribution >= 4 is 0 Å². The van der Waals surface area contributed by atoms with Crippen LogP contribution in [0.25, 0.3) is 0 Å². The van der Waals surface area contributed by atoms with Gasteiger partial charge in [-0.15, -0.1) is 0 Å². The Morgan fingerprint density at radius 3 is 2.24 bits per heavy atom. The average molecular weight is 222 g/mol. The summed E-state index contributed by atoms with van der Waals surface area (Å²) in [6.45, 7) is 4.42. The van der Waals surface area contributed by atoms with E-state index in [4.69, 9.17) is 0 Å². The molecule has 0 amide bonds. The summed E-state index contributed by atoms with van der Waals surface area (Å²) in [5, 5.41) is 0. The minimum absolute atomic E-state index is 0.317. The fourth-order valence-electron chi connectivity index (χ4n) is 2.85. The number of benzene rings is 2. The van der Waals surface area contributed by atoms with Gasteiger partial charge >= 0.3 is 0 Å². The molecule has 1 aliphatic carbocycles. The topological polar surface area (TPSA) is 0 Å². The molecular formula is C17H18. The Hall–Kier alpha value is -1.56. The largest absolute Gasteiger partial charge is 0.0622 e. The summed E-state index contributed by atoms with van der Waals surface area (Å²) in [7, 11) is 0. The van der Waals surface area contributed by atoms with E-state index in [1.165, 1.54) is 35.1 Å². The van der Waals surface area contributed by atoms with Crippen molar-refractivity contribution in [1.29, 1.82) is 0 Å². The summed E-state index contributed by atoms with van der Waals surface area (Å²) in [4.78, 5) is 0. The van der Waals surface area contributed by atoms with Crippen molar-refractivity contribution in [3.05, 3.63) is 70.8 Å². The van der Waals surface area contributed by atoms with Crippen LogP contribution in [0.3, 0.4) is 0 Å². The predicted octanol–water partition coefficient (Wildman–Crippen LogP) is 4.38. The van der Waals surface area contributed by atoms with Crippen molar-refractivity contribution in [2.75, 3.05) is 0 Å². The van der Waals surface area contributed by atoms with Gasteiger partial charge in [-0.3, -0.25) is 0 Å². The molecule has 3 rings (SSSR count). The minimum Gasteiger partial charge on any atom is -0.0622 e. The molecule has 0 atom stereocenters. The summed E-state index contributed by atoms with van der Waals surface area (Å²) < 4.78 is 0. The van der Waals surface area contributed by atoms with Crippen LogP contribution in [-0.4, -0.2) is 0 Å². The van der Waals surface area contributed by atoms with Crippen molar-refractivity contribution in [1.82, 2.24) is 0 Å². The lowest BCUT2D eigenvalue weighted by molar-refractivity contribution is 0.835. The fourth-order valence-corrected chi connectivity index (χ4v) is 2.85. The van der Waals surface area contributed by atoms with Gasteiger partial charge in [0.05, 0.1) is 0 Å². The van der Waals surface area contributed by atoms with Gasteiger partial charge in [0, 0.05) is 5.41 Å². The van der Waals surface area contributed by atoms with Crippen LogP contribution < -0.4 is 0 Å². The van der Waals surface area contributed by atoms with Crippen LogP contribution in [0.1, 0.15) is 35.1 Å². The molecule has 2 aromatic carbocycles. The Balaban J connectivity index is 2.13. The fraction of sp³-hybridized carbons (Fsp3) is 0.294. The van der Waals surface area contributed by atoms with Gasteiger partial charge in [-0.1, -0.05) is 54.1 Å². The number of hydrogen-bond acceptors (Lipinski definition) is 0. The highest BCUT2D eigenvalue weighted by Gasteiger charge is 2.46. The molecule has 0 spiro atoms. The van der Waals surface area contributed by atoms with Gasteiger partial charge in [-0.25, -0.2) is 0 Å². The van der Waals surface area contributed by atoms with Crippen LogP contribution in [0.2, 0.25) is 0 Å². The molecule has 0 bridgehead atoms. The number of rotatable bonds is 2. The summed E-state index contributed by atoms with van der Waals surface area (Å²) in [6.07, 6.45) is 2.59. The molecule has 1 fully saturated rings. The lowest BCUT2D eigenvalue weighted by atomic mass is 9.85. The Kier molecular flexibility index (Phi) is 2.32. The van der Waals surface area contributed by atoms with E-state index in [1.54, 1.807) is 0 Å². The Labute approximate surface area is 103 Å². The summed E-state index contributed by atoms with van der Waals surface area (Å²) >= 11 is 0. The Morgan fingerprint density at radius 1 is 0.882 bits per heavy atom. The van der Waals surface area contributed by atoms with E-state index < -0.39 is 0 Å². The lowest BCUT2D eigenvalue weighted by Gasteiger charge is -2.19. The highest BCUT2D eigenvalue weighted by Crippen LogP contribution is 2.54. The number of aryl methyl sites for hydroxylation is 2. The lowest BCUT2D eigenvalue weighted by Crippen LogP contribution is -2.10. The first-order chi connectivity index (χ1) is 8.22. The zero-order valence-corrected chi connectivity index (χ0v) is 10.5. The molecule has 86 valence electrons. The third-order valence-corrected chi connectivity index (χ3v) is 3.99. The van der Waals surface area contributed by atoms with Gasteiger partial charge in [-0.05, 0) is 43.4 Å². The molecule has 17 heavy (non-hydrogen) atoms. The quantitative estimate of drug-likeness (QED) is 0.707. The second kappa shape index (κ2) is 3.73. The summed E-state index contributed by atoms with van der Waals surface area (Å²) in [5.74, 6) is 0. The van der Waals surface area contributed by atoms with Crippen LogP contribution in [0.15, 0.2) is 48.5 Å². The van der Waals surface area contributed by atoms with E-state index in [-0.39, 0.29) is 0 Å². The third-order valence-electron chi connectivity index (χ3n) is 3.99. The first-order valence-electron chi connectivity index (χ1n) is 6.36. The second-order valence-electron chi connectivity index (χ2n) is 5.27. The smallest absolute Gasteiger partial charge is 0.0206 e. The Bertz CT molecular complexity index is 533. The molecule has 0 heteroatoms. The van der Waals surface area contributed by atoms with Crippen LogP contribution in [0.4, 0.5) is 0 Å². The maximum atomic E-state index is 2.37. The van der Waals surface area contributed by atoms with Crippen LogP contribution in [-0.2, 0) is 5.41 Å². The first kappa shape index (κ1) is 10.6. The molecule has 0 nitrogen and oxygen atoms in total. The van der Waals surface area contributed by atoms with Gasteiger partial charge in [0.1, 0.15) is 0 Å². The van der Waals surface area contributed by atoms with Gasteiger partial charge in [0.15, 0.2) is 0 Å². The maximum Gasteiger partial charge on any atom is 0.0206 e. The maximum absolute atomic E-state index is 2.37. The summed E-state index contributed by atoms with van der Waals surface area (Å²) in [5.41, 5.74) is 6.12. The van der Waals surface area contributed by atoms with Crippen molar-refractivity contribution in [3.63, 3.8) is 0 Å². The van der Waals surface area contributed by atoms with Gasteiger partial charge in [-0.2, -0.15) is 0 Å². The molecular weight excluding hydrogens is 204 g/mol. The van der Waals surface area contributed by atoms with E-state index in [0.717, 1.165) is 0 Å². The average Bonchev–Trinajstić information content (AvgIpc) is 3.15. The van der Waals surface area contributed by atoms with E-state index in [0.29, 0.717) is 5.41 Å². The van der Waals surface area contributed by atoms with E-state index in [1.807, 2.05) is 0 Å². The zero-order chi connectivity index (χ0) is 11.9. The van der Waals surface area contributed by atoms with Crippen LogP contribution >= 0.6 is 0 Å². The van der Waals surface area contributed by atoms with Crippen LogP contribution in [0.5, 0.6) is 0 Å². The standard InChI is InChI=1S/C17H18/c1-13-8-9-14(2)16(12-13)17(10-11-17)15-6-4-3-5-7-15/h3-9,12H,10-11H2,1-2H3. The zero-order valence-electron chi connectivity index (χ0n) is 10.5. The predicted molar refractivity (Wildman–Crippen MR) is 72.4 cm³/mol. The van der Waals surface area contributed by atoms with Gasteiger partial charge in [0.25, 0.3) is 0 Å². The molecule has 0 radical (unpaired) electrons. The normalized spacial score (nSPS) is 16.8. The molecule has 0 unspecified atom stereocenters.